The summed E-state index contributed by atoms with van der Waals surface area (Å²) in [5.74, 6) is -1.24. The summed E-state index contributed by atoms with van der Waals surface area (Å²) in [5, 5.41) is 20.9. The van der Waals surface area contributed by atoms with Gasteiger partial charge in [0.15, 0.2) is 0 Å². The highest BCUT2D eigenvalue weighted by atomic mass is 16.4. The van der Waals surface area contributed by atoms with Crippen molar-refractivity contribution in [2.24, 2.45) is 0 Å². The van der Waals surface area contributed by atoms with Gasteiger partial charge in [-0.15, -0.1) is 0 Å². The van der Waals surface area contributed by atoms with E-state index in [9.17, 15) is 9.59 Å². The zero-order chi connectivity index (χ0) is 13.1. The summed E-state index contributed by atoms with van der Waals surface area (Å²) in [4.78, 5) is 22.7. The van der Waals surface area contributed by atoms with Gasteiger partial charge in [-0.1, -0.05) is 18.2 Å². The fourth-order valence-electron chi connectivity index (χ4n) is 2.04. The number of carboxylic acids is 1. The molecule has 1 aliphatic rings. The number of carbonyl (C=O) groups excluding carboxylic acids is 1. The quantitative estimate of drug-likeness (QED) is 0.728. The average molecular weight is 249 g/mol. The molecule has 5 nitrogen and oxygen atoms in total. The van der Waals surface area contributed by atoms with E-state index < -0.39 is 5.97 Å². The highest BCUT2D eigenvalue weighted by molar-refractivity contribution is 5.91. The fraction of sp³-hybridized carbons (Fsp3) is 0.385. The number of benzene rings is 1. The normalized spacial score (nSPS) is 22.1. The molecule has 0 spiro atoms. The van der Waals surface area contributed by atoms with Crippen molar-refractivity contribution < 1.29 is 19.8 Å². The first-order valence-corrected chi connectivity index (χ1v) is 5.85. The molecule has 0 unspecified atom stereocenters. The van der Waals surface area contributed by atoms with E-state index in [4.69, 9.17) is 10.2 Å². The Hall–Kier alpha value is -1.88. The van der Waals surface area contributed by atoms with Gasteiger partial charge in [0.25, 0.3) is 0 Å². The van der Waals surface area contributed by atoms with Crippen molar-refractivity contribution in [1.29, 1.82) is 0 Å². The van der Waals surface area contributed by atoms with E-state index in [0.717, 1.165) is 0 Å². The van der Waals surface area contributed by atoms with Gasteiger partial charge in [0, 0.05) is 6.04 Å². The molecule has 0 saturated heterocycles. The van der Waals surface area contributed by atoms with Gasteiger partial charge in [-0.2, -0.15) is 0 Å². The van der Waals surface area contributed by atoms with E-state index in [1.807, 2.05) is 0 Å². The first kappa shape index (κ1) is 12.6. The van der Waals surface area contributed by atoms with E-state index in [-0.39, 0.29) is 30.0 Å². The number of aliphatic hydroxyl groups excluding tert-OH is 1. The molecule has 5 heteroatoms. The standard InChI is InChI=1S/C13H15NO4/c15-10-6-9(7-10)14-12(16)5-8-3-1-2-4-11(8)13(17)18/h1-4,9-10,15H,5-7H2,(H,14,16)(H,17,18). The van der Waals surface area contributed by atoms with Gasteiger partial charge in [0.05, 0.1) is 18.1 Å². The molecular formula is C13H15NO4. The Morgan fingerprint density at radius 3 is 2.56 bits per heavy atom. The highest BCUT2D eigenvalue weighted by Gasteiger charge is 2.28. The van der Waals surface area contributed by atoms with Crippen molar-refractivity contribution in [3.05, 3.63) is 35.4 Å². The summed E-state index contributed by atoms with van der Waals surface area (Å²) in [6.45, 7) is 0. The molecule has 0 aliphatic heterocycles. The molecule has 0 atom stereocenters. The second kappa shape index (κ2) is 5.18. The third-order valence-electron chi connectivity index (χ3n) is 3.08. The van der Waals surface area contributed by atoms with Gasteiger partial charge < -0.3 is 15.5 Å². The van der Waals surface area contributed by atoms with Crippen molar-refractivity contribution in [1.82, 2.24) is 5.32 Å². The summed E-state index contributed by atoms with van der Waals surface area (Å²) >= 11 is 0. The van der Waals surface area contributed by atoms with E-state index in [2.05, 4.69) is 5.32 Å². The molecule has 96 valence electrons. The molecule has 1 aliphatic carbocycles. The predicted molar refractivity (Wildman–Crippen MR) is 64.3 cm³/mol. The summed E-state index contributed by atoms with van der Waals surface area (Å²) in [7, 11) is 0. The summed E-state index contributed by atoms with van der Waals surface area (Å²) < 4.78 is 0. The zero-order valence-electron chi connectivity index (χ0n) is 9.80. The third kappa shape index (κ3) is 2.87. The van der Waals surface area contributed by atoms with Crippen LogP contribution in [-0.2, 0) is 11.2 Å². The van der Waals surface area contributed by atoms with Crippen LogP contribution in [0.3, 0.4) is 0 Å². The lowest BCUT2D eigenvalue weighted by Crippen LogP contribution is -2.47. The SMILES string of the molecule is O=C(Cc1ccccc1C(=O)O)NC1CC(O)C1. The first-order valence-electron chi connectivity index (χ1n) is 5.85. The number of rotatable bonds is 4. The van der Waals surface area contributed by atoms with Gasteiger partial charge in [0.2, 0.25) is 5.91 Å². The lowest BCUT2D eigenvalue weighted by Gasteiger charge is -2.32. The molecule has 1 aromatic carbocycles. The Morgan fingerprint density at radius 1 is 1.28 bits per heavy atom. The maximum absolute atomic E-state index is 11.7. The number of carboxylic acid groups (broad SMARTS) is 1. The van der Waals surface area contributed by atoms with Crippen molar-refractivity contribution in [3.8, 4) is 0 Å². The minimum absolute atomic E-state index is 0.0180. The number of nitrogens with one attached hydrogen (secondary N) is 1. The van der Waals surface area contributed by atoms with Crippen molar-refractivity contribution in [3.63, 3.8) is 0 Å². The van der Waals surface area contributed by atoms with Gasteiger partial charge >= 0.3 is 5.97 Å². The molecule has 0 aromatic heterocycles. The molecule has 0 heterocycles. The summed E-state index contributed by atoms with van der Waals surface area (Å²) in [5.41, 5.74) is 0.656. The van der Waals surface area contributed by atoms with Crippen LogP contribution in [0.25, 0.3) is 0 Å². The summed E-state index contributed by atoms with van der Waals surface area (Å²) in [6.07, 6.45) is 0.884. The van der Waals surface area contributed by atoms with Crippen LogP contribution in [0.15, 0.2) is 24.3 Å². The van der Waals surface area contributed by atoms with Crippen molar-refractivity contribution in [2.45, 2.75) is 31.4 Å². The van der Waals surface area contributed by atoms with Crippen LogP contribution < -0.4 is 5.32 Å². The smallest absolute Gasteiger partial charge is 0.335 e. The Morgan fingerprint density at radius 2 is 1.94 bits per heavy atom. The van der Waals surface area contributed by atoms with Crippen LogP contribution in [0.4, 0.5) is 0 Å². The van der Waals surface area contributed by atoms with Crippen LogP contribution in [0.1, 0.15) is 28.8 Å². The molecule has 1 amide bonds. The third-order valence-corrected chi connectivity index (χ3v) is 3.08. The molecule has 1 aromatic rings. The molecule has 18 heavy (non-hydrogen) atoms. The van der Waals surface area contributed by atoms with Gasteiger partial charge in [0.1, 0.15) is 0 Å². The maximum atomic E-state index is 11.7. The molecular weight excluding hydrogens is 234 g/mol. The Kier molecular flexibility index (Phi) is 3.62. The van der Waals surface area contributed by atoms with Gasteiger partial charge in [-0.05, 0) is 24.5 Å². The molecule has 0 radical (unpaired) electrons. The second-order valence-electron chi connectivity index (χ2n) is 4.53. The molecule has 3 N–H and O–H groups in total. The zero-order valence-corrected chi connectivity index (χ0v) is 9.80. The fourth-order valence-corrected chi connectivity index (χ4v) is 2.04. The van der Waals surface area contributed by atoms with Crippen molar-refractivity contribution in [2.75, 3.05) is 0 Å². The van der Waals surface area contributed by atoms with E-state index in [1.54, 1.807) is 18.2 Å². The Bertz CT molecular complexity index is 466. The lowest BCUT2D eigenvalue weighted by atomic mass is 9.89. The number of aliphatic hydroxyl groups is 1. The lowest BCUT2D eigenvalue weighted by molar-refractivity contribution is -0.122. The van der Waals surface area contributed by atoms with Crippen LogP contribution >= 0.6 is 0 Å². The monoisotopic (exact) mass is 249 g/mol. The molecule has 1 saturated carbocycles. The highest BCUT2D eigenvalue weighted by Crippen LogP contribution is 2.19. The minimum Gasteiger partial charge on any atom is -0.478 e. The van der Waals surface area contributed by atoms with Crippen molar-refractivity contribution >= 4 is 11.9 Å². The Labute approximate surface area is 104 Å². The van der Waals surface area contributed by atoms with E-state index >= 15 is 0 Å². The average Bonchev–Trinajstić information content (AvgIpc) is 2.27. The maximum Gasteiger partial charge on any atom is 0.335 e. The molecule has 1 fully saturated rings. The van der Waals surface area contributed by atoms with Crippen LogP contribution in [0, 0.1) is 0 Å². The number of carbonyl (C=O) groups is 2. The largest absolute Gasteiger partial charge is 0.478 e. The minimum atomic E-state index is -1.03. The second-order valence-corrected chi connectivity index (χ2v) is 4.53. The molecule has 0 bridgehead atoms. The number of aromatic carboxylic acids is 1. The van der Waals surface area contributed by atoms with Crippen LogP contribution in [0.2, 0.25) is 0 Å². The van der Waals surface area contributed by atoms with Gasteiger partial charge in [-0.25, -0.2) is 4.79 Å². The van der Waals surface area contributed by atoms with Gasteiger partial charge in [-0.3, -0.25) is 4.79 Å². The predicted octanol–water partition coefficient (Wildman–Crippen LogP) is 0.567. The van der Waals surface area contributed by atoms with E-state index in [0.29, 0.717) is 18.4 Å². The Balaban J connectivity index is 1.96. The summed E-state index contributed by atoms with van der Waals surface area (Å²) in [6, 6.07) is 6.48. The topological polar surface area (TPSA) is 86.6 Å². The van der Waals surface area contributed by atoms with E-state index in [1.165, 1.54) is 6.07 Å². The number of hydrogen-bond acceptors (Lipinski definition) is 3. The first-order chi connectivity index (χ1) is 8.56. The number of hydrogen-bond donors (Lipinski definition) is 3. The van der Waals surface area contributed by atoms with Crippen LogP contribution in [-0.4, -0.2) is 34.2 Å². The molecule has 2 rings (SSSR count). The van der Waals surface area contributed by atoms with Crippen LogP contribution in [0.5, 0.6) is 0 Å². The number of amides is 1.